The molecule has 1 atom stereocenters. The van der Waals surface area contributed by atoms with Gasteiger partial charge in [-0.15, -0.1) is 0 Å². The maximum absolute atomic E-state index is 11.6. The summed E-state index contributed by atoms with van der Waals surface area (Å²) in [5.41, 5.74) is 0.604. The highest BCUT2D eigenvalue weighted by Gasteiger charge is 2.22. The Hall–Kier alpha value is -0.960. The summed E-state index contributed by atoms with van der Waals surface area (Å²) in [7, 11) is -1.17. The van der Waals surface area contributed by atoms with Crippen LogP contribution in [0.25, 0.3) is 0 Å². The average Bonchev–Trinajstić information content (AvgIpc) is 2.46. The van der Waals surface area contributed by atoms with Crippen molar-refractivity contribution in [3.05, 3.63) is 29.8 Å². The number of benzene rings is 1. The van der Waals surface area contributed by atoms with E-state index in [2.05, 4.69) is 25.4 Å². The number of nitrogens with zero attached hydrogens (tertiary/aromatic N) is 1. The van der Waals surface area contributed by atoms with Crippen LogP contribution in [0.15, 0.2) is 24.3 Å². The number of carbonyl (C=O) groups excluding carboxylic acids is 1. The smallest absolute Gasteiger partial charge is 0.321 e. The highest BCUT2D eigenvalue weighted by atomic mass is 31.2. The number of hydrogen-bond donors (Lipinski definition) is 0. The minimum Gasteiger partial charge on any atom is -0.435 e. The van der Waals surface area contributed by atoms with E-state index in [0.29, 0.717) is 17.9 Å². The van der Waals surface area contributed by atoms with E-state index in [9.17, 15) is 4.79 Å². The van der Waals surface area contributed by atoms with Gasteiger partial charge >= 0.3 is 8.53 Å². The van der Waals surface area contributed by atoms with Crippen molar-refractivity contribution in [1.29, 1.82) is 0 Å². The number of ketones is 1. The summed E-state index contributed by atoms with van der Waals surface area (Å²) in [4.78, 5) is 11.6. The maximum Gasteiger partial charge on any atom is 0.321 e. The van der Waals surface area contributed by atoms with E-state index in [0.717, 1.165) is 19.5 Å². The van der Waals surface area contributed by atoms with Crippen LogP contribution in [0.4, 0.5) is 0 Å². The van der Waals surface area contributed by atoms with Gasteiger partial charge in [-0.3, -0.25) is 4.79 Å². The Morgan fingerprint density at radius 2 is 1.85 bits per heavy atom. The van der Waals surface area contributed by atoms with Crippen LogP contribution in [0.5, 0.6) is 5.75 Å². The predicted octanol–water partition coefficient (Wildman–Crippen LogP) is 4.26. The van der Waals surface area contributed by atoms with E-state index in [-0.39, 0.29) is 5.78 Å². The van der Waals surface area contributed by atoms with Gasteiger partial charge in [-0.2, -0.15) is 0 Å². The van der Waals surface area contributed by atoms with Crippen molar-refractivity contribution in [2.75, 3.05) is 19.7 Å². The summed E-state index contributed by atoms with van der Waals surface area (Å²) in [5.74, 6) is 0.611. The van der Waals surface area contributed by atoms with Crippen LogP contribution in [-0.2, 0) is 4.52 Å². The number of hydrogen-bond acceptors (Lipinski definition) is 4. The number of rotatable bonds is 9. The van der Waals surface area contributed by atoms with Crippen LogP contribution in [0.2, 0.25) is 0 Å². The van der Waals surface area contributed by atoms with Crippen LogP contribution < -0.4 is 4.52 Å². The van der Waals surface area contributed by atoms with Gasteiger partial charge in [0.15, 0.2) is 5.78 Å². The van der Waals surface area contributed by atoms with Gasteiger partial charge in [0, 0.05) is 13.1 Å². The third-order valence-electron chi connectivity index (χ3n) is 2.81. The summed E-state index contributed by atoms with van der Waals surface area (Å²) >= 11 is 0. The van der Waals surface area contributed by atoms with Crippen molar-refractivity contribution in [2.24, 2.45) is 0 Å². The largest absolute Gasteiger partial charge is 0.435 e. The summed E-state index contributed by atoms with van der Waals surface area (Å²) in [5, 5.41) is 0. The molecule has 0 N–H and O–H groups in total. The van der Waals surface area contributed by atoms with Gasteiger partial charge in [-0.1, -0.05) is 32.9 Å². The Bertz CT molecular complexity index is 421. The first kappa shape index (κ1) is 17.1. The molecule has 0 amide bonds. The SMILES string of the molecule is CCCOP(Oc1ccccc1C(C)=O)N(CC)CC. The molecule has 0 aliphatic heterocycles. The lowest BCUT2D eigenvalue weighted by Crippen LogP contribution is -2.21. The fraction of sp³-hybridized carbons (Fsp3) is 0.533. The zero-order chi connectivity index (χ0) is 15.0. The molecule has 1 aromatic carbocycles. The fourth-order valence-corrected chi connectivity index (χ4v) is 3.17. The molecule has 0 saturated carbocycles. The minimum absolute atomic E-state index is 0.00517. The molecule has 0 aliphatic carbocycles. The summed E-state index contributed by atoms with van der Waals surface area (Å²) in [6.07, 6.45) is 0.942. The number of para-hydroxylation sites is 1. The predicted molar refractivity (Wildman–Crippen MR) is 83.2 cm³/mol. The maximum atomic E-state index is 11.6. The summed E-state index contributed by atoms with van der Waals surface area (Å²) in [6.45, 7) is 10.1. The first-order valence-corrected chi connectivity index (χ1v) is 8.22. The minimum atomic E-state index is -1.17. The summed E-state index contributed by atoms with van der Waals surface area (Å²) in [6, 6.07) is 7.33. The second kappa shape index (κ2) is 9.06. The first-order chi connectivity index (χ1) is 9.63. The van der Waals surface area contributed by atoms with Gasteiger partial charge < -0.3 is 9.05 Å². The van der Waals surface area contributed by atoms with Crippen molar-refractivity contribution >= 4 is 14.3 Å². The molecule has 0 fully saturated rings. The van der Waals surface area contributed by atoms with Crippen molar-refractivity contribution in [3.8, 4) is 5.75 Å². The van der Waals surface area contributed by atoms with Crippen LogP contribution in [-0.4, -0.2) is 30.2 Å². The second-order valence-electron chi connectivity index (χ2n) is 4.35. The molecule has 0 spiro atoms. The van der Waals surface area contributed by atoms with Crippen molar-refractivity contribution in [3.63, 3.8) is 0 Å². The van der Waals surface area contributed by atoms with Crippen LogP contribution in [0.1, 0.15) is 44.5 Å². The third kappa shape index (κ3) is 4.86. The molecule has 20 heavy (non-hydrogen) atoms. The van der Waals surface area contributed by atoms with E-state index in [1.54, 1.807) is 13.0 Å². The van der Waals surface area contributed by atoms with E-state index in [4.69, 9.17) is 9.05 Å². The molecule has 1 aromatic rings. The van der Waals surface area contributed by atoms with Gasteiger partial charge in [0.25, 0.3) is 0 Å². The van der Waals surface area contributed by atoms with E-state index >= 15 is 0 Å². The average molecular weight is 297 g/mol. The first-order valence-electron chi connectivity index (χ1n) is 7.09. The second-order valence-corrected chi connectivity index (χ2v) is 5.84. The molecular formula is C15H24NO3P. The van der Waals surface area contributed by atoms with E-state index < -0.39 is 8.53 Å². The Morgan fingerprint density at radius 3 is 2.40 bits per heavy atom. The quantitative estimate of drug-likeness (QED) is 0.504. The molecule has 1 rings (SSSR count). The topological polar surface area (TPSA) is 38.8 Å². The summed E-state index contributed by atoms with van der Waals surface area (Å²) < 4.78 is 14.0. The van der Waals surface area contributed by atoms with Crippen molar-refractivity contribution < 1.29 is 13.8 Å². The van der Waals surface area contributed by atoms with Gasteiger partial charge in [0.2, 0.25) is 0 Å². The van der Waals surface area contributed by atoms with Crippen LogP contribution in [0, 0.1) is 0 Å². The number of carbonyl (C=O) groups is 1. The molecule has 0 bridgehead atoms. The van der Waals surface area contributed by atoms with Crippen LogP contribution >= 0.6 is 8.53 Å². The molecular weight excluding hydrogens is 273 g/mol. The molecule has 4 nitrogen and oxygen atoms in total. The molecule has 0 radical (unpaired) electrons. The molecule has 5 heteroatoms. The molecule has 0 aromatic heterocycles. The molecule has 0 aliphatic rings. The lowest BCUT2D eigenvalue weighted by atomic mass is 10.1. The lowest BCUT2D eigenvalue weighted by molar-refractivity contribution is 0.101. The normalized spacial score (nSPS) is 12.4. The van der Waals surface area contributed by atoms with E-state index in [1.165, 1.54) is 0 Å². The van der Waals surface area contributed by atoms with Crippen molar-refractivity contribution in [2.45, 2.75) is 34.1 Å². The highest BCUT2D eigenvalue weighted by Crippen LogP contribution is 2.44. The molecule has 0 heterocycles. The Balaban J connectivity index is 2.91. The standard InChI is InChI=1S/C15H24NO3P/c1-5-12-18-20(16(6-2)7-3)19-15-11-9-8-10-14(15)13(4)17/h8-11H,5-7,12H2,1-4H3. The van der Waals surface area contributed by atoms with Gasteiger partial charge in [-0.25, -0.2) is 4.67 Å². The third-order valence-corrected chi connectivity index (χ3v) is 4.59. The Labute approximate surface area is 123 Å². The van der Waals surface area contributed by atoms with Crippen molar-refractivity contribution in [1.82, 2.24) is 4.67 Å². The highest BCUT2D eigenvalue weighted by molar-refractivity contribution is 7.45. The fourth-order valence-electron chi connectivity index (χ4n) is 1.71. The zero-order valence-electron chi connectivity index (χ0n) is 12.8. The molecule has 1 unspecified atom stereocenters. The molecule has 0 saturated heterocycles. The lowest BCUT2D eigenvalue weighted by Gasteiger charge is -2.27. The van der Waals surface area contributed by atoms with Gasteiger partial charge in [0.1, 0.15) is 5.75 Å². The Morgan fingerprint density at radius 1 is 1.20 bits per heavy atom. The van der Waals surface area contributed by atoms with E-state index in [1.807, 2.05) is 18.2 Å². The van der Waals surface area contributed by atoms with Crippen LogP contribution in [0.3, 0.4) is 0 Å². The molecule has 112 valence electrons. The number of Topliss-reactive ketones (excluding diaryl/α,β-unsaturated/α-hetero) is 1. The van der Waals surface area contributed by atoms with Gasteiger partial charge in [0.05, 0.1) is 12.2 Å². The van der Waals surface area contributed by atoms with Gasteiger partial charge in [-0.05, 0) is 25.5 Å². The monoisotopic (exact) mass is 297 g/mol. The zero-order valence-corrected chi connectivity index (χ0v) is 13.7. The Kier molecular flexibility index (Phi) is 7.75.